The number of methoxy groups -OCH3 is 1. The van der Waals surface area contributed by atoms with E-state index >= 15 is 0 Å². The van der Waals surface area contributed by atoms with Gasteiger partial charge in [0.15, 0.2) is 0 Å². The molecule has 1 aliphatic carbocycles. The van der Waals surface area contributed by atoms with Crippen molar-refractivity contribution in [2.45, 2.75) is 32.2 Å². The molecule has 1 saturated carbocycles. The van der Waals surface area contributed by atoms with Gasteiger partial charge in [-0.25, -0.2) is 0 Å². The highest BCUT2D eigenvalue weighted by Crippen LogP contribution is 2.31. The first-order valence-electron chi connectivity index (χ1n) is 6.92. The Morgan fingerprint density at radius 1 is 1.43 bits per heavy atom. The van der Waals surface area contributed by atoms with Crippen LogP contribution in [0.5, 0.6) is 5.75 Å². The molecule has 0 aromatic heterocycles. The van der Waals surface area contributed by atoms with Gasteiger partial charge in [-0.2, -0.15) is 0 Å². The van der Waals surface area contributed by atoms with Gasteiger partial charge >= 0.3 is 0 Å². The van der Waals surface area contributed by atoms with Crippen molar-refractivity contribution in [2.75, 3.05) is 18.6 Å². The fraction of sp³-hybridized carbons (Fsp3) is 0.467. The lowest BCUT2D eigenvalue weighted by molar-refractivity contribution is -0.121. The zero-order chi connectivity index (χ0) is 15.4. The van der Waals surface area contributed by atoms with Crippen LogP contribution < -0.4 is 15.0 Å². The molecule has 0 saturated heterocycles. The van der Waals surface area contributed by atoms with Gasteiger partial charge in [0.2, 0.25) is 11.8 Å². The number of rotatable bonds is 6. The maximum Gasteiger partial charge on any atom is 0.223 e. The second-order valence-electron chi connectivity index (χ2n) is 5.08. The monoisotopic (exact) mass is 310 g/mol. The number of ether oxygens (including phenoxy) is 1. The second kappa shape index (κ2) is 6.80. The van der Waals surface area contributed by atoms with Crippen molar-refractivity contribution in [3.63, 3.8) is 0 Å². The van der Waals surface area contributed by atoms with Crippen LogP contribution in [0.4, 0.5) is 5.69 Å². The highest BCUT2D eigenvalue weighted by molar-refractivity contribution is 6.31. The number of nitrogens with one attached hydrogen (secondary N) is 1. The molecule has 0 radical (unpaired) electrons. The molecule has 0 atom stereocenters. The summed E-state index contributed by atoms with van der Waals surface area (Å²) in [5.41, 5.74) is 0.580. The predicted molar refractivity (Wildman–Crippen MR) is 81.8 cm³/mol. The van der Waals surface area contributed by atoms with Gasteiger partial charge in [0.05, 0.1) is 12.8 Å². The normalized spacial score (nSPS) is 13.7. The van der Waals surface area contributed by atoms with E-state index in [1.807, 2.05) is 0 Å². The summed E-state index contributed by atoms with van der Waals surface area (Å²) in [5.74, 6) is 0.358. The van der Waals surface area contributed by atoms with Crippen molar-refractivity contribution in [3.05, 3.63) is 23.2 Å². The van der Waals surface area contributed by atoms with E-state index in [0.717, 1.165) is 12.8 Å². The van der Waals surface area contributed by atoms with Crippen molar-refractivity contribution in [3.8, 4) is 5.75 Å². The van der Waals surface area contributed by atoms with E-state index in [1.165, 1.54) is 18.9 Å². The highest BCUT2D eigenvalue weighted by Gasteiger charge is 2.24. The molecule has 1 N–H and O–H groups in total. The largest absolute Gasteiger partial charge is 0.495 e. The van der Waals surface area contributed by atoms with E-state index in [2.05, 4.69) is 5.32 Å². The number of halogens is 1. The van der Waals surface area contributed by atoms with Gasteiger partial charge in [-0.3, -0.25) is 9.59 Å². The maximum atomic E-state index is 11.9. The van der Waals surface area contributed by atoms with Crippen LogP contribution in [0.2, 0.25) is 5.02 Å². The number of anilines is 1. The van der Waals surface area contributed by atoms with Gasteiger partial charge in [0.25, 0.3) is 0 Å². The van der Waals surface area contributed by atoms with E-state index in [9.17, 15) is 9.59 Å². The van der Waals surface area contributed by atoms with Gasteiger partial charge in [-0.15, -0.1) is 0 Å². The molecule has 1 aliphatic rings. The summed E-state index contributed by atoms with van der Waals surface area (Å²) in [6, 6.07) is 5.39. The Labute approximate surface area is 129 Å². The van der Waals surface area contributed by atoms with Crippen molar-refractivity contribution >= 4 is 29.1 Å². The number of hydrogen-bond donors (Lipinski definition) is 1. The average molecular weight is 311 g/mol. The predicted octanol–water partition coefficient (Wildman–Crippen LogP) is 2.37. The molecule has 2 amide bonds. The number of amides is 2. The zero-order valence-electron chi connectivity index (χ0n) is 12.2. The summed E-state index contributed by atoms with van der Waals surface area (Å²) < 4.78 is 5.26. The van der Waals surface area contributed by atoms with Crippen molar-refractivity contribution in [1.82, 2.24) is 5.32 Å². The van der Waals surface area contributed by atoms with Crippen molar-refractivity contribution in [2.24, 2.45) is 0 Å². The number of benzene rings is 1. The fourth-order valence-electron chi connectivity index (χ4n) is 2.06. The molecule has 6 heteroatoms. The van der Waals surface area contributed by atoms with Crippen LogP contribution in [0, 0.1) is 0 Å². The third-order valence-electron chi connectivity index (χ3n) is 3.32. The summed E-state index contributed by atoms with van der Waals surface area (Å²) in [6.07, 6.45) is 2.35. The first kappa shape index (κ1) is 15.6. The summed E-state index contributed by atoms with van der Waals surface area (Å²) in [4.78, 5) is 25.1. The average Bonchev–Trinajstić information content (AvgIpc) is 3.22. The third kappa shape index (κ3) is 4.36. The summed E-state index contributed by atoms with van der Waals surface area (Å²) in [5, 5.41) is 3.42. The van der Waals surface area contributed by atoms with Crippen LogP contribution in [-0.2, 0) is 9.59 Å². The Hall–Kier alpha value is -1.75. The van der Waals surface area contributed by atoms with Crippen LogP contribution >= 0.6 is 11.6 Å². The molecule has 21 heavy (non-hydrogen) atoms. The van der Waals surface area contributed by atoms with Gasteiger partial charge < -0.3 is 15.0 Å². The summed E-state index contributed by atoms with van der Waals surface area (Å²) >= 11 is 5.99. The van der Waals surface area contributed by atoms with Gasteiger partial charge in [0.1, 0.15) is 5.75 Å². The van der Waals surface area contributed by atoms with Crippen LogP contribution in [0.3, 0.4) is 0 Å². The Kier molecular flexibility index (Phi) is 5.07. The quantitative estimate of drug-likeness (QED) is 0.877. The van der Waals surface area contributed by atoms with Gasteiger partial charge in [-0.1, -0.05) is 11.6 Å². The van der Waals surface area contributed by atoms with E-state index in [1.54, 1.807) is 18.2 Å². The first-order valence-corrected chi connectivity index (χ1v) is 7.30. The van der Waals surface area contributed by atoms with Gasteiger partial charge in [0, 0.05) is 31.0 Å². The highest BCUT2D eigenvalue weighted by atomic mass is 35.5. The molecule has 0 spiro atoms. The molecule has 0 unspecified atom stereocenters. The topological polar surface area (TPSA) is 58.6 Å². The van der Waals surface area contributed by atoms with Crippen molar-refractivity contribution in [1.29, 1.82) is 0 Å². The van der Waals surface area contributed by atoms with E-state index in [0.29, 0.717) is 29.0 Å². The lowest BCUT2D eigenvalue weighted by Gasteiger charge is -2.23. The lowest BCUT2D eigenvalue weighted by atomic mass is 10.2. The minimum atomic E-state index is -0.158. The Bertz CT molecular complexity index is 544. The summed E-state index contributed by atoms with van der Waals surface area (Å²) in [6.45, 7) is 1.75. The molecule has 1 aromatic rings. The molecule has 5 nitrogen and oxygen atoms in total. The maximum absolute atomic E-state index is 11.9. The van der Waals surface area contributed by atoms with Crippen LogP contribution in [0.15, 0.2) is 18.2 Å². The van der Waals surface area contributed by atoms with Crippen LogP contribution in [0.1, 0.15) is 26.2 Å². The minimum absolute atomic E-state index is 0.0373. The molecular formula is C15H19ClN2O3. The van der Waals surface area contributed by atoms with E-state index in [-0.39, 0.29) is 18.2 Å². The molecule has 0 bridgehead atoms. The van der Waals surface area contributed by atoms with Crippen LogP contribution in [0.25, 0.3) is 0 Å². The molecule has 0 aliphatic heterocycles. The number of nitrogens with zero attached hydrogens (tertiary/aromatic N) is 1. The Morgan fingerprint density at radius 2 is 2.14 bits per heavy atom. The zero-order valence-corrected chi connectivity index (χ0v) is 12.9. The number of carbonyl (C=O) groups excluding carboxylic acids is 2. The van der Waals surface area contributed by atoms with Crippen molar-refractivity contribution < 1.29 is 14.3 Å². The fourth-order valence-corrected chi connectivity index (χ4v) is 2.23. The molecular weight excluding hydrogens is 292 g/mol. The first-order chi connectivity index (χ1) is 10.0. The van der Waals surface area contributed by atoms with Gasteiger partial charge in [-0.05, 0) is 31.0 Å². The number of hydrogen-bond acceptors (Lipinski definition) is 3. The minimum Gasteiger partial charge on any atom is -0.495 e. The Morgan fingerprint density at radius 3 is 2.71 bits per heavy atom. The van der Waals surface area contributed by atoms with Crippen LogP contribution in [-0.4, -0.2) is 31.5 Å². The van der Waals surface area contributed by atoms with E-state index < -0.39 is 0 Å². The SMILES string of the molecule is COc1ccc(Cl)cc1N(CCC(=O)NC1CC1)C(C)=O. The molecule has 0 heterocycles. The molecule has 1 aromatic carbocycles. The lowest BCUT2D eigenvalue weighted by Crippen LogP contribution is -2.34. The smallest absolute Gasteiger partial charge is 0.223 e. The molecule has 1 fully saturated rings. The number of carbonyl (C=O) groups is 2. The second-order valence-corrected chi connectivity index (χ2v) is 5.52. The Balaban J connectivity index is 2.08. The third-order valence-corrected chi connectivity index (χ3v) is 3.55. The standard InChI is InChI=1S/C15H19ClN2O3/c1-10(19)18(8-7-15(20)17-12-4-5-12)13-9-11(16)3-6-14(13)21-2/h3,6,9,12H,4-5,7-8H2,1-2H3,(H,17,20). The van der Waals surface area contributed by atoms with E-state index in [4.69, 9.17) is 16.3 Å². The molecule has 2 rings (SSSR count). The molecule has 114 valence electrons. The summed E-state index contributed by atoms with van der Waals surface area (Å²) in [7, 11) is 1.53.